The Balaban J connectivity index is 0.00000306. The van der Waals surface area contributed by atoms with Crippen LogP contribution in [0.4, 0.5) is 0 Å². The molecule has 0 aliphatic heterocycles. The zero-order valence-electron chi connectivity index (χ0n) is 56.4. The summed E-state index contributed by atoms with van der Waals surface area (Å²) in [6.45, 7) is 2.44. The van der Waals surface area contributed by atoms with Gasteiger partial charge in [0.2, 0.25) is 0 Å². The summed E-state index contributed by atoms with van der Waals surface area (Å²) in [4.78, 5) is 29.8. The topological polar surface area (TPSA) is 114 Å². The summed E-state index contributed by atoms with van der Waals surface area (Å²) < 4.78 is 26.8. The highest BCUT2D eigenvalue weighted by Crippen LogP contribution is 2.40. The molecule has 12 rings (SSSR count). The molecule has 0 fully saturated rings. The van der Waals surface area contributed by atoms with Crippen LogP contribution in [-0.2, 0) is 25.7 Å². The van der Waals surface area contributed by atoms with Gasteiger partial charge in [-0.25, -0.2) is 9.97 Å². The molecule has 12 aromatic rings. The molecule has 512 valence electrons. The fourth-order valence-electron chi connectivity index (χ4n) is 12.7. The standard InChI is InChI=1S/C84H90N6O4.4BrH/c1(5-13-35-70-47-43-63-30-17-21-39-79(63)86-70)9-25-52-91-74-56-68(57-75(61-74)92-53-26-10-2-6-14-36-71-48-44-64-31-18-22-40-80(64)87-71)78-60-67-34-29-51-85-84(67)90-83(78)69-58-76(93-54-27-11-3-7-15-37-72-49-45-65-32-19-23-41-81(65)88-72)62-77(59-69)94-55-28-12-4-8-16-38-73-50-46-66-33-20-24-42-82(66)89-73;;;;/h17-24,29-34,39-51,56-62H,1-16,25-28,35-38,52-55H2;4*1H. The van der Waals surface area contributed by atoms with Gasteiger partial charge in [-0.2, -0.15) is 0 Å². The van der Waals surface area contributed by atoms with Gasteiger partial charge in [0.25, 0.3) is 0 Å². The number of ether oxygens (including phenoxy) is 4. The Morgan fingerprint density at radius 3 is 0.888 bits per heavy atom. The predicted octanol–water partition coefficient (Wildman–Crippen LogP) is 23.8. The average molecular weight is 1570 g/mol. The number of para-hydroxylation sites is 4. The first-order chi connectivity index (χ1) is 46.6. The van der Waals surface area contributed by atoms with Gasteiger partial charge in [-0.05, 0) is 174 Å². The number of hydrogen-bond acceptors (Lipinski definition) is 10. The zero-order valence-corrected chi connectivity index (χ0v) is 63.2. The van der Waals surface area contributed by atoms with Crippen LogP contribution in [0.1, 0.15) is 151 Å². The van der Waals surface area contributed by atoms with Crippen LogP contribution in [0.2, 0.25) is 0 Å². The van der Waals surface area contributed by atoms with Crippen LogP contribution in [0, 0.1) is 0 Å². The van der Waals surface area contributed by atoms with Crippen molar-refractivity contribution in [2.24, 2.45) is 0 Å². The molecule has 0 saturated carbocycles. The molecule has 0 atom stereocenters. The van der Waals surface area contributed by atoms with Crippen LogP contribution in [0.3, 0.4) is 0 Å². The number of nitrogens with zero attached hydrogens (tertiary/aromatic N) is 6. The lowest BCUT2D eigenvalue weighted by molar-refractivity contribution is 0.289. The Labute approximate surface area is 621 Å². The number of fused-ring (bicyclic) bond motifs is 5. The molecule has 10 nitrogen and oxygen atoms in total. The normalized spacial score (nSPS) is 11.1. The Morgan fingerprint density at radius 2 is 0.541 bits per heavy atom. The summed E-state index contributed by atoms with van der Waals surface area (Å²) in [7, 11) is 0. The maximum absolute atomic E-state index is 6.70. The summed E-state index contributed by atoms with van der Waals surface area (Å²) in [6, 6.07) is 69.9. The minimum atomic E-state index is 0. The molecule has 0 amide bonds. The van der Waals surface area contributed by atoms with Gasteiger partial charge in [0.1, 0.15) is 23.0 Å². The minimum Gasteiger partial charge on any atom is -0.493 e. The van der Waals surface area contributed by atoms with Crippen molar-refractivity contribution in [3.8, 4) is 45.4 Å². The Hall–Kier alpha value is -7.36. The molecule has 0 aliphatic carbocycles. The van der Waals surface area contributed by atoms with Gasteiger partial charge in [0.05, 0.1) is 54.2 Å². The molecular formula is C84H94Br4N6O4. The smallest absolute Gasteiger partial charge is 0.159 e. The molecule has 0 bridgehead atoms. The number of pyridine rings is 6. The molecule has 0 N–H and O–H groups in total. The van der Waals surface area contributed by atoms with Crippen molar-refractivity contribution in [1.29, 1.82) is 0 Å². The summed E-state index contributed by atoms with van der Waals surface area (Å²) in [5.74, 6) is 3.10. The maximum Gasteiger partial charge on any atom is 0.159 e. The highest BCUT2D eigenvalue weighted by atomic mass is 79.9. The van der Waals surface area contributed by atoms with Crippen molar-refractivity contribution in [1.82, 2.24) is 29.9 Å². The third kappa shape index (κ3) is 23.1. The van der Waals surface area contributed by atoms with Crippen molar-refractivity contribution >= 4 is 123 Å². The van der Waals surface area contributed by atoms with Crippen molar-refractivity contribution in [2.75, 3.05) is 26.4 Å². The largest absolute Gasteiger partial charge is 0.493 e. The second-order valence-electron chi connectivity index (χ2n) is 25.3. The Kier molecular flexibility index (Phi) is 32.2. The molecule has 0 unspecified atom stereocenters. The molecular weight excluding hydrogens is 1480 g/mol. The molecule has 6 aromatic carbocycles. The third-order valence-electron chi connectivity index (χ3n) is 17.9. The summed E-state index contributed by atoms with van der Waals surface area (Å²) in [5, 5.41) is 5.71. The lowest BCUT2D eigenvalue weighted by Gasteiger charge is -2.17. The van der Waals surface area contributed by atoms with Gasteiger partial charge in [0.15, 0.2) is 5.65 Å². The fourth-order valence-corrected chi connectivity index (χ4v) is 12.7. The van der Waals surface area contributed by atoms with E-state index < -0.39 is 0 Å². The van der Waals surface area contributed by atoms with Crippen LogP contribution in [-0.4, -0.2) is 56.3 Å². The molecule has 6 aromatic heterocycles. The number of benzene rings is 6. The number of aromatic nitrogens is 6. The van der Waals surface area contributed by atoms with E-state index in [2.05, 4.69) is 194 Å². The number of unbranched alkanes of at least 4 members (excludes halogenated alkanes) is 16. The van der Waals surface area contributed by atoms with Gasteiger partial charge >= 0.3 is 0 Å². The molecule has 0 spiro atoms. The first-order valence-corrected chi connectivity index (χ1v) is 35.1. The molecule has 0 aliphatic rings. The van der Waals surface area contributed by atoms with E-state index in [4.69, 9.17) is 48.9 Å². The predicted molar refractivity (Wildman–Crippen MR) is 428 cm³/mol. The highest BCUT2D eigenvalue weighted by Gasteiger charge is 2.18. The lowest BCUT2D eigenvalue weighted by Crippen LogP contribution is -2.02. The second kappa shape index (κ2) is 41.3. The quantitative estimate of drug-likeness (QED) is 0.0347. The first kappa shape index (κ1) is 76.4. The van der Waals surface area contributed by atoms with Crippen LogP contribution in [0.25, 0.3) is 77.0 Å². The monoisotopic (exact) mass is 1570 g/mol. The number of halogens is 4. The number of aryl methyl sites for hydroxylation is 4. The molecule has 14 heteroatoms. The number of rotatable bonds is 38. The van der Waals surface area contributed by atoms with E-state index in [1.54, 1.807) is 0 Å². The first-order valence-electron chi connectivity index (χ1n) is 35.1. The van der Waals surface area contributed by atoms with E-state index in [1.165, 1.54) is 44.3 Å². The summed E-state index contributed by atoms with van der Waals surface area (Å²) in [6.07, 6.45) is 27.7. The van der Waals surface area contributed by atoms with Crippen LogP contribution < -0.4 is 18.9 Å². The van der Waals surface area contributed by atoms with Crippen molar-refractivity contribution in [3.63, 3.8) is 0 Å². The summed E-state index contributed by atoms with van der Waals surface area (Å²) >= 11 is 0. The van der Waals surface area contributed by atoms with Gasteiger partial charge in [-0.1, -0.05) is 174 Å². The Bertz CT molecular complexity index is 3880. The molecule has 0 radical (unpaired) electrons. The van der Waals surface area contributed by atoms with E-state index >= 15 is 0 Å². The van der Waals surface area contributed by atoms with Gasteiger partial charge in [-0.15, -0.1) is 67.9 Å². The minimum absolute atomic E-state index is 0. The molecule has 0 saturated heterocycles. The van der Waals surface area contributed by atoms with E-state index in [0.29, 0.717) is 32.1 Å². The lowest BCUT2D eigenvalue weighted by atomic mass is 9.97. The Morgan fingerprint density at radius 1 is 0.245 bits per heavy atom. The average Bonchev–Trinajstić information content (AvgIpc) is 0.772. The SMILES string of the molecule is Br.Br.Br.Br.c1ccc2nc(CCCCCCCOc3cc(OCCCCCCCc4ccc5ccccc5n4)cc(-c4cc5cccnc5nc4-c4cc(OCCCCCCCc5ccc6ccccc6n5)cc(OCCCCCCCc5ccc6ccccc6n5)c4)c3)ccc2c1. The van der Waals surface area contributed by atoms with Crippen LogP contribution >= 0.6 is 67.9 Å². The van der Waals surface area contributed by atoms with Crippen molar-refractivity contribution in [3.05, 3.63) is 229 Å². The fraction of sp³-hybridized carbons (Fsp3) is 0.333. The molecule has 98 heavy (non-hydrogen) atoms. The van der Waals surface area contributed by atoms with E-state index in [9.17, 15) is 0 Å². The van der Waals surface area contributed by atoms with Gasteiger partial charge in [0, 0.05) is 79.2 Å². The van der Waals surface area contributed by atoms with Gasteiger partial charge < -0.3 is 18.9 Å². The van der Waals surface area contributed by atoms with Gasteiger partial charge in [-0.3, -0.25) is 19.9 Å². The van der Waals surface area contributed by atoms with E-state index in [-0.39, 0.29) is 67.9 Å². The zero-order chi connectivity index (χ0) is 63.6. The summed E-state index contributed by atoms with van der Waals surface area (Å²) in [5.41, 5.74) is 13.2. The van der Waals surface area contributed by atoms with E-state index in [1.807, 2.05) is 12.3 Å². The van der Waals surface area contributed by atoms with Crippen molar-refractivity contribution in [2.45, 2.75) is 154 Å². The highest BCUT2D eigenvalue weighted by molar-refractivity contribution is 8.93. The van der Waals surface area contributed by atoms with Crippen LogP contribution in [0.5, 0.6) is 23.0 Å². The maximum atomic E-state index is 6.70. The third-order valence-corrected chi connectivity index (χ3v) is 17.9. The van der Waals surface area contributed by atoms with E-state index in [0.717, 1.165) is 227 Å². The van der Waals surface area contributed by atoms with Crippen molar-refractivity contribution < 1.29 is 18.9 Å². The second-order valence-corrected chi connectivity index (χ2v) is 25.3. The number of hydrogen-bond donors (Lipinski definition) is 0. The molecule has 6 heterocycles. The van der Waals surface area contributed by atoms with Crippen LogP contribution in [0.15, 0.2) is 206 Å².